The SMILES string of the molecule is COC(=O)c1cccc(NC(=S)N[C@@H](C)c2ccc(OC)cc2)c1C. The molecule has 2 N–H and O–H groups in total. The number of hydrogen-bond donors (Lipinski definition) is 2. The van der Waals surface area contributed by atoms with Gasteiger partial charge in [-0.15, -0.1) is 0 Å². The van der Waals surface area contributed by atoms with Crippen LogP contribution in [0, 0.1) is 6.92 Å². The highest BCUT2D eigenvalue weighted by atomic mass is 32.1. The van der Waals surface area contributed by atoms with Crippen LogP contribution in [0.2, 0.25) is 0 Å². The van der Waals surface area contributed by atoms with Crippen LogP contribution >= 0.6 is 12.2 Å². The van der Waals surface area contributed by atoms with E-state index < -0.39 is 0 Å². The van der Waals surface area contributed by atoms with Gasteiger partial charge in [0.2, 0.25) is 0 Å². The molecule has 0 aliphatic rings. The molecule has 0 aromatic heterocycles. The molecule has 0 unspecified atom stereocenters. The van der Waals surface area contributed by atoms with Gasteiger partial charge in [-0.3, -0.25) is 0 Å². The highest BCUT2D eigenvalue weighted by molar-refractivity contribution is 7.80. The molecule has 0 saturated carbocycles. The number of carbonyl (C=O) groups is 1. The molecule has 6 heteroatoms. The van der Waals surface area contributed by atoms with Crippen molar-refractivity contribution in [2.75, 3.05) is 19.5 Å². The first-order valence-electron chi connectivity index (χ1n) is 7.85. The molecule has 0 aliphatic heterocycles. The van der Waals surface area contributed by atoms with E-state index in [-0.39, 0.29) is 12.0 Å². The Balaban J connectivity index is 2.05. The topological polar surface area (TPSA) is 59.6 Å². The zero-order chi connectivity index (χ0) is 18.4. The third kappa shape index (κ3) is 4.70. The van der Waals surface area contributed by atoms with E-state index in [9.17, 15) is 4.79 Å². The van der Waals surface area contributed by atoms with Gasteiger partial charge < -0.3 is 20.1 Å². The van der Waals surface area contributed by atoms with Crippen LogP contribution in [0.25, 0.3) is 0 Å². The van der Waals surface area contributed by atoms with Gasteiger partial charge in [0, 0.05) is 5.69 Å². The molecular weight excluding hydrogens is 336 g/mol. The Kier molecular flexibility index (Phi) is 6.36. The summed E-state index contributed by atoms with van der Waals surface area (Å²) in [6, 6.07) is 13.2. The summed E-state index contributed by atoms with van der Waals surface area (Å²) in [6.45, 7) is 3.87. The highest BCUT2D eigenvalue weighted by Gasteiger charge is 2.13. The fourth-order valence-corrected chi connectivity index (χ4v) is 2.72. The first-order chi connectivity index (χ1) is 12.0. The molecule has 0 radical (unpaired) electrons. The second kappa shape index (κ2) is 8.48. The lowest BCUT2D eigenvalue weighted by molar-refractivity contribution is 0.0600. The van der Waals surface area contributed by atoms with Gasteiger partial charge in [-0.05, 0) is 61.5 Å². The molecule has 0 fully saturated rings. The van der Waals surface area contributed by atoms with Crippen molar-refractivity contribution in [2.45, 2.75) is 19.9 Å². The van der Waals surface area contributed by atoms with Gasteiger partial charge in [-0.25, -0.2) is 4.79 Å². The minimum Gasteiger partial charge on any atom is -0.497 e. The molecule has 2 rings (SSSR count). The van der Waals surface area contributed by atoms with Gasteiger partial charge in [0.15, 0.2) is 5.11 Å². The minimum absolute atomic E-state index is 0.0231. The predicted molar refractivity (Wildman–Crippen MR) is 103 cm³/mol. The molecule has 0 amide bonds. The quantitative estimate of drug-likeness (QED) is 0.626. The van der Waals surface area contributed by atoms with Crippen LogP contribution in [0.15, 0.2) is 42.5 Å². The number of rotatable bonds is 5. The van der Waals surface area contributed by atoms with Crippen molar-refractivity contribution in [3.63, 3.8) is 0 Å². The summed E-state index contributed by atoms with van der Waals surface area (Å²) in [7, 11) is 3.01. The number of benzene rings is 2. The summed E-state index contributed by atoms with van der Waals surface area (Å²) in [5, 5.41) is 6.86. The van der Waals surface area contributed by atoms with Crippen molar-refractivity contribution in [2.24, 2.45) is 0 Å². The maximum Gasteiger partial charge on any atom is 0.338 e. The third-order valence-electron chi connectivity index (χ3n) is 3.95. The molecular formula is C19H22N2O3S. The number of ether oxygens (including phenoxy) is 2. The number of methoxy groups -OCH3 is 2. The maximum atomic E-state index is 11.8. The molecule has 25 heavy (non-hydrogen) atoms. The Bertz CT molecular complexity index is 760. The second-order valence-corrected chi connectivity index (χ2v) is 5.97. The van der Waals surface area contributed by atoms with E-state index in [1.165, 1.54) is 7.11 Å². The summed E-state index contributed by atoms with van der Waals surface area (Å²) in [4.78, 5) is 11.8. The van der Waals surface area contributed by atoms with Crippen LogP contribution in [-0.4, -0.2) is 25.3 Å². The molecule has 5 nitrogen and oxygen atoms in total. The maximum absolute atomic E-state index is 11.8. The van der Waals surface area contributed by atoms with E-state index in [0.717, 1.165) is 22.6 Å². The predicted octanol–water partition coefficient (Wildman–Crippen LogP) is 3.84. The van der Waals surface area contributed by atoms with E-state index in [4.69, 9.17) is 21.7 Å². The fourth-order valence-electron chi connectivity index (χ4n) is 2.43. The van der Waals surface area contributed by atoms with Gasteiger partial charge in [-0.2, -0.15) is 0 Å². The van der Waals surface area contributed by atoms with Crippen molar-refractivity contribution in [1.29, 1.82) is 0 Å². The zero-order valence-electron chi connectivity index (χ0n) is 14.8. The number of thiocarbonyl (C=S) groups is 1. The average Bonchev–Trinajstić information content (AvgIpc) is 2.62. The van der Waals surface area contributed by atoms with Crippen molar-refractivity contribution in [1.82, 2.24) is 5.32 Å². The summed E-state index contributed by atoms with van der Waals surface area (Å²) in [5.74, 6) is 0.443. The van der Waals surface area contributed by atoms with Gasteiger partial charge in [0.05, 0.1) is 25.8 Å². The Morgan fingerprint density at radius 1 is 1.12 bits per heavy atom. The molecule has 0 heterocycles. The monoisotopic (exact) mass is 358 g/mol. The molecule has 0 aliphatic carbocycles. The molecule has 0 saturated heterocycles. The van der Waals surface area contributed by atoms with E-state index in [2.05, 4.69) is 10.6 Å². The minimum atomic E-state index is -0.369. The molecule has 0 spiro atoms. The Morgan fingerprint density at radius 2 is 1.80 bits per heavy atom. The van der Waals surface area contributed by atoms with Crippen LogP contribution in [-0.2, 0) is 4.74 Å². The van der Waals surface area contributed by atoms with Crippen molar-refractivity contribution in [3.8, 4) is 5.75 Å². The number of hydrogen-bond acceptors (Lipinski definition) is 4. The number of anilines is 1. The first kappa shape index (κ1) is 18.7. The average molecular weight is 358 g/mol. The highest BCUT2D eigenvalue weighted by Crippen LogP contribution is 2.21. The lowest BCUT2D eigenvalue weighted by Gasteiger charge is -2.19. The Morgan fingerprint density at radius 3 is 2.40 bits per heavy atom. The first-order valence-corrected chi connectivity index (χ1v) is 8.26. The van der Waals surface area contributed by atoms with Gasteiger partial charge in [-0.1, -0.05) is 18.2 Å². The van der Waals surface area contributed by atoms with E-state index in [1.54, 1.807) is 19.2 Å². The van der Waals surface area contributed by atoms with Crippen LogP contribution in [0.1, 0.15) is 34.5 Å². The molecule has 132 valence electrons. The van der Waals surface area contributed by atoms with Crippen molar-refractivity contribution < 1.29 is 14.3 Å². The fraction of sp³-hybridized carbons (Fsp3) is 0.263. The summed E-state index contributed by atoms with van der Waals surface area (Å²) >= 11 is 5.39. The van der Waals surface area contributed by atoms with Gasteiger partial charge in [0.25, 0.3) is 0 Å². The Hall–Kier alpha value is -2.60. The largest absolute Gasteiger partial charge is 0.497 e. The molecule has 2 aromatic rings. The molecule has 1 atom stereocenters. The van der Waals surface area contributed by atoms with Crippen LogP contribution < -0.4 is 15.4 Å². The lowest BCUT2D eigenvalue weighted by atomic mass is 10.1. The van der Waals surface area contributed by atoms with E-state index >= 15 is 0 Å². The smallest absolute Gasteiger partial charge is 0.338 e. The van der Waals surface area contributed by atoms with E-state index in [1.807, 2.05) is 44.2 Å². The lowest BCUT2D eigenvalue weighted by Crippen LogP contribution is -2.31. The zero-order valence-corrected chi connectivity index (χ0v) is 15.6. The van der Waals surface area contributed by atoms with Gasteiger partial charge in [0.1, 0.15) is 5.75 Å². The van der Waals surface area contributed by atoms with Crippen molar-refractivity contribution >= 4 is 29.0 Å². The van der Waals surface area contributed by atoms with Crippen LogP contribution in [0.5, 0.6) is 5.75 Å². The normalized spacial score (nSPS) is 11.4. The van der Waals surface area contributed by atoms with Crippen LogP contribution in [0.3, 0.4) is 0 Å². The third-order valence-corrected chi connectivity index (χ3v) is 4.17. The summed E-state index contributed by atoms with van der Waals surface area (Å²) in [6.07, 6.45) is 0. The second-order valence-electron chi connectivity index (χ2n) is 5.56. The number of carbonyl (C=O) groups excluding carboxylic acids is 1. The summed E-state index contributed by atoms with van der Waals surface area (Å²) < 4.78 is 9.96. The molecule has 0 bridgehead atoms. The number of esters is 1. The molecule has 2 aromatic carbocycles. The Labute approximate surface area is 153 Å². The van der Waals surface area contributed by atoms with E-state index in [0.29, 0.717) is 10.7 Å². The standard InChI is InChI=1S/C19H22N2O3S/c1-12-16(18(22)24-4)6-5-7-17(12)21-19(25)20-13(2)14-8-10-15(23-3)11-9-14/h5-11,13H,1-4H3,(H2,20,21,25)/t13-/m0/s1. The van der Waals surface area contributed by atoms with Gasteiger partial charge >= 0.3 is 5.97 Å². The summed E-state index contributed by atoms with van der Waals surface area (Å²) in [5.41, 5.74) is 3.15. The van der Waals surface area contributed by atoms with Crippen molar-refractivity contribution in [3.05, 3.63) is 59.2 Å². The number of nitrogens with one attached hydrogen (secondary N) is 2. The van der Waals surface area contributed by atoms with Crippen LogP contribution in [0.4, 0.5) is 5.69 Å².